The van der Waals surface area contributed by atoms with Gasteiger partial charge in [0.2, 0.25) is 5.91 Å². The van der Waals surface area contributed by atoms with E-state index in [1.165, 1.54) is 49.6 Å². The molecule has 1 aliphatic rings. The Hall–Kier alpha value is -3.70. The highest BCUT2D eigenvalue weighted by Gasteiger charge is 2.36. The van der Waals surface area contributed by atoms with E-state index < -0.39 is 29.4 Å². The quantitative estimate of drug-likeness (QED) is 0.325. The van der Waals surface area contributed by atoms with Crippen LogP contribution in [-0.4, -0.2) is 35.6 Å². The normalized spacial score (nSPS) is 14.3. The standard InChI is InChI=1S/C26H19BrF2N2O5S/c1-35-21-10-16(20(27)12-22(21)36-14-15-2-4-17(28)5-3-15)11-23-25(33)31(26(34)37-23)13-24(32)30-19-8-6-18(29)7-9-19/h2-12H,13-14H2,1H3,(H,30,32)/b23-11-. The van der Waals surface area contributed by atoms with Crippen molar-refractivity contribution in [3.8, 4) is 11.5 Å². The number of anilines is 1. The van der Waals surface area contributed by atoms with Crippen LogP contribution in [0.15, 0.2) is 70.0 Å². The Balaban J connectivity index is 1.46. The Morgan fingerprint density at radius 3 is 2.32 bits per heavy atom. The number of benzene rings is 3. The Labute approximate surface area is 223 Å². The topological polar surface area (TPSA) is 84.9 Å². The zero-order chi connectivity index (χ0) is 26.5. The molecule has 1 N–H and O–H groups in total. The molecular formula is C26H19BrF2N2O5S. The first-order valence-corrected chi connectivity index (χ1v) is 12.4. The summed E-state index contributed by atoms with van der Waals surface area (Å²) >= 11 is 4.15. The zero-order valence-corrected chi connectivity index (χ0v) is 21.7. The number of amides is 3. The van der Waals surface area contributed by atoms with Gasteiger partial charge in [0.15, 0.2) is 11.5 Å². The van der Waals surface area contributed by atoms with Crippen LogP contribution in [0.3, 0.4) is 0 Å². The van der Waals surface area contributed by atoms with Gasteiger partial charge in [0.1, 0.15) is 24.8 Å². The second-order valence-corrected chi connectivity index (χ2v) is 9.61. The van der Waals surface area contributed by atoms with E-state index in [2.05, 4.69) is 21.2 Å². The van der Waals surface area contributed by atoms with Gasteiger partial charge in [0.25, 0.3) is 11.1 Å². The summed E-state index contributed by atoms with van der Waals surface area (Å²) in [6, 6.07) is 14.3. The van der Waals surface area contributed by atoms with Gasteiger partial charge >= 0.3 is 0 Å². The van der Waals surface area contributed by atoms with Crippen LogP contribution in [0, 0.1) is 11.6 Å². The zero-order valence-electron chi connectivity index (χ0n) is 19.3. The third kappa shape index (κ3) is 6.55. The number of imide groups is 1. The van der Waals surface area contributed by atoms with Crippen LogP contribution in [-0.2, 0) is 16.2 Å². The van der Waals surface area contributed by atoms with Crippen molar-refractivity contribution in [1.29, 1.82) is 0 Å². The number of hydrogen-bond donors (Lipinski definition) is 1. The lowest BCUT2D eigenvalue weighted by Gasteiger charge is -2.13. The summed E-state index contributed by atoms with van der Waals surface area (Å²) in [5.74, 6) is -1.21. The van der Waals surface area contributed by atoms with Gasteiger partial charge in [0, 0.05) is 10.2 Å². The van der Waals surface area contributed by atoms with E-state index in [1.807, 2.05) is 0 Å². The van der Waals surface area contributed by atoms with Gasteiger partial charge in [-0.25, -0.2) is 8.78 Å². The molecule has 0 aliphatic carbocycles. The predicted molar refractivity (Wildman–Crippen MR) is 139 cm³/mol. The first kappa shape index (κ1) is 26.4. The van der Waals surface area contributed by atoms with Crippen molar-refractivity contribution in [2.24, 2.45) is 0 Å². The van der Waals surface area contributed by atoms with E-state index >= 15 is 0 Å². The fraction of sp³-hybridized carbons (Fsp3) is 0.115. The van der Waals surface area contributed by atoms with Gasteiger partial charge in [-0.05, 0) is 77.5 Å². The Morgan fingerprint density at radius 1 is 1.03 bits per heavy atom. The lowest BCUT2D eigenvalue weighted by molar-refractivity contribution is -0.127. The summed E-state index contributed by atoms with van der Waals surface area (Å²) < 4.78 is 38.0. The largest absolute Gasteiger partial charge is 0.493 e. The molecule has 1 heterocycles. The molecule has 11 heteroatoms. The lowest BCUT2D eigenvalue weighted by Crippen LogP contribution is -2.36. The van der Waals surface area contributed by atoms with Gasteiger partial charge in [0.05, 0.1) is 12.0 Å². The maximum absolute atomic E-state index is 13.1. The minimum atomic E-state index is -0.619. The maximum atomic E-state index is 13.1. The van der Waals surface area contributed by atoms with Crippen LogP contribution < -0.4 is 14.8 Å². The summed E-state index contributed by atoms with van der Waals surface area (Å²) in [4.78, 5) is 38.6. The first-order chi connectivity index (χ1) is 17.7. The smallest absolute Gasteiger partial charge is 0.294 e. The van der Waals surface area contributed by atoms with Crippen molar-refractivity contribution in [3.63, 3.8) is 0 Å². The second-order valence-electron chi connectivity index (χ2n) is 7.76. The average Bonchev–Trinajstić information content (AvgIpc) is 3.13. The minimum Gasteiger partial charge on any atom is -0.493 e. The number of hydrogen-bond acceptors (Lipinski definition) is 6. The van der Waals surface area contributed by atoms with E-state index in [4.69, 9.17) is 9.47 Å². The van der Waals surface area contributed by atoms with Gasteiger partial charge in [-0.15, -0.1) is 0 Å². The number of carbonyl (C=O) groups excluding carboxylic acids is 3. The van der Waals surface area contributed by atoms with E-state index in [-0.39, 0.29) is 17.3 Å². The number of thioether (sulfide) groups is 1. The molecule has 0 unspecified atom stereocenters. The molecule has 0 aromatic heterocycles. The molecule has 37 heavy (non-hydrogen) atoms. The van der Waals surface area contributed by atoms with Crippen LogP contribution in [0.5, 0.6) is 11.5 Å². The van der Waals surface area contributed by atoms with Crippen molar-refractivity contribution in [2.75, 3.05) is 19.0 Å². The highest BCUT2D eigenvalue weighted by molar-refractivity contribution is 9.10. The molecule has 3 aromatic carbocycles. The van der Waals surface area contributed by atoms with Crippen LogP contribution in [0.1, 0.15) is 11.1 Å². The van der Waals surface area contributed by atoms with E-state index in [1.54, 1.807) is 24.3 Å². The van der Waals surface area contributed by atoms with Crippen molar-refractivity contribution < 1.29 is 32.6 Å². The summed E-state index contributed by atoms with van der Waals surface area (Å²) in [6.07, 6.45) is 1.51. The van der Waals surface area contributed by atoms with Gasteiger partial charge in [-0.2, -0.15) is 0 Å². The molecule has 0 saturated carbocycles. The molecule has 1 fully saturated rings. The number of nitrogens with zero attached hydrogens (tertiary/aromatic N) is 1. The van der Waals surface area contributed by atoms with Crippen molar-refractivity contribution in [3.05, 3.63) is 92.8 Å². The molecule has 0 spiro atoms. The molecule has 4 rings (SSSR count). The van der Waals surface area contributed by atoms with Crippen LogP contribution >= 0.6 is 27.7 Å². The number of halogens is 3. The third-order valence-electron chi connectivity index (χ3n) is 5.18. The van der Waals surface area contributed by atoms with Crippen LogP contribution in [0.25, 0.3) is 6.08 Å². The van der Waals surface area contributed by atoms with Crippen molar-refractivity contribution in [2.45, 2.75) is 6.61 Å². The number of ether oxygens (including phenoxy) is 2. The van der Waals surface area contributed by atoms with E-state index in [0.717, 1.165) is 10.5 Å². The van der Waals surface area contributed by atoms with Crippen LogP contribution in [0.2, 0.25) is 0 Å². The highest BCUT2D eigenvalue weighted by atomic mass is 79.9. The molecule has 3 amide bonds. The summed E-state index contributed by atoms with van der Waals surface area (Å²) in [5, 5.41) is 1.93. The third-order valence-corrected chi connectivity index (χ3v) is 6.77. The molecule has 1 saturated heterocycles. The summed E-state index contributed by atoms with van der Waals surface area (Å²) in [7, 11) is 1.46. The van der Waals surface area contributed by atoms with E-state index in [9.17, 15) is 23.2 Å². The molecule has 1 aliphatic heterocycles. The van der Waals surface area contributed by atoms with Crippen molar-refractivity contribution >= 4 is 56.5 Å². The molecule has 0 radical (unpaired) electrons. The Bertz CT molecular complexity index is 1380. The average molecular weight is 589 g/mol. The molecule has 3 aromatic rings. The van der Waals surface area contributed by atoms with Crippen LogP contribution in [0.4, 0.5) is 19.3 Å². The monoisotopic (exact) mass is 588 g/mol. The number of rotatable bonds is 8. The van der Waals surface area contributed by atoms with Gasteiger partial charge < -0.3 is 14.8 Å². The second kappa shape index (κ2) is 11.6. The van der Waals surface area contributed by atoms with Crippen molar-refractivity contribution in [1.82, 2.24) is 4.90 Å². The lowest BCUT2D eigenvalue weighted by atomic mass is 10.1. The Kier molecular flexibility index (Phi) is 8.24. The molecular weight excluding hydrogens is 570 g/mol. The molecule has 7 nitrogen and oxygen atoms in total. The number of methoxy groups -OCH3 is 1. The molecule has 190 valence electrons. The summed E-state index contributed by atoms with van der Waals surface area (Å²) in [6.45, 7) is -0.304. The Morgan fingerprint density at radius 2 is 1.68 bits per heavy atom. The highest BCUT2D eigenvalue weighted by Crippen LogP contribution is 2.38. The minimum absolute atomic E-state index is 0.127. The fourth-order valence-corrected chi connectivity index (χ4v) is 4.60. The number of nitrogens with one attached hydrogen (secondary N) is 1. The predicted octanol–water partition coefficient (Wildman–Crippen LogP) is 5.99. The first-order valence-electron chi connectivity index (χ1n) is 10.8. The molecule has 0 bridgehead atoms. The fourth-order valence-electron chi connectivity index (χ4n) is 3.33. The van der Waals surface area contributed by atoms with E-state index in [0.29, 0.717) is 39.0 Å². The SMILES string of the molecule is COc1cc(/C=C2\SC(=O)N(CC(=O)Nc3ccc(F)cc3)C2=O)c(Br)cc1OCc1ccc(F)cc1. The van der Waals surface area contributed by atoms with Gasteiger partial charge in [-0.3, -0.25) is 19.3 Å². The maximum Gasteiger partial charge on any atom is 0.294 e. The molecule has 0 atom stereocenters. The number of carbonyl (C=O) groups is 3. The van der Waals surface area contributed by atoms with Gasteiger partial charge in [-0.1, -0.05) is 28.1 Å². The summed E-state index contributed by atoms with van der Waals surface area (Å²) in [5.41, 5.74) is 1.65.